The number of carbonyl (C=O) groups is 1. The summed E-state index contributed by atoms with van der Waals surface area (Å²) >= 11 is 0. The smallest absolute Gasteiger partial charge is 0.269 e. The maximum absolute atomic E-state index is 12.2. The van der Waals surface area contributed by atoms with E-state index in [9.17, 15) is 19.7 Å². The van der Waals surface area contributed by atoms with E-state index in [1.54, 1.807) is 24.3 Å². The number of nitro groups is 1. The number of amides is 1. The fraction of sp³-hybridized carbons (Fsp3) is 0.105. The molecule has 1 amide bonds. The largest absolute Gasteiger partial charge is 0.324 e. The van der Waals surface area contributed by atoms with Crippen LogP contribution < -0.4 is 10.9 Å². The molecule has 0 aliphatic rings. The minimum absolute atomic E-state index is 0.0375. The Labute approximate surface area is 154 Å². The molecule has 3 rings (SSSR count). The summed E-state index contributed by atoms with van der Waals surface area (Å²) in [6.45, 7) is 1.70. The lowest BCUT2D eigenvalue weighted by Gasteiger charge is -2.08. The molecule has 1 aromatic heterocycles. The van der Waals surface area contributed by atoms with Crippen LogP contribution in [-0.4, -0.2) is 20.6 Å². The van der Waals surface area contributed by atoms with Gasteiger partial charge in [0.1, 0.15) is 6.54 Å². The van der Waals surface area contributed by atoms with Crippen molar-refractivity contribution in [3.63, 3.8) is 0 Å². The summed E-state index contributed by atoms with van der Waals surface area (Å²) in [5.74, 6) is -0.380. The van der Waals surface area contributed by atoms with Crippen LogP contribution in [0.1, 0.15) is 5.56 Å². The molecule has 27 heavy (non-hydrogen) atoms. The van der Waals surface area contributed by atoms with Gasteiger partial charge in [-0.05, 0) is 37.3 Å². The summed E-state index contributed by atoms with van der Waals surface area (Å²) < 4.78 is 1.06. The van der Waals surface area contributed by atoms with Crippen LogP contribution in [-0.2, 0) is 11.3 Å². The molecular formula is C19H16N4O4. The van der Waals surface area contributed by atoms with Crippen LogP contribution in [0, 0.1) is 17.0 Å². The van der Waals surface area contributed by atoms with Crippen LogP contribution in [0.15, 0.2) is 65.5 Å². The first-order valence-corrected chi connectivity index (χ1v) is 8.12. The Morgan fingerprint density at radius 1 is 1.07 bits per heavy atom. The topological polar surface area (TPSA) is 107 Å². The van der Waals surface area contributed by atoms with Gasteiger partial charge in [-0.1, -0.05) is 17.7 Å². The molecule has 2 aromatic carbocycles. The highest BCUT2D eigenvalue weighted by Crippen LogP contribution is 2.19. The Morgan fingerprint density at radius 3 is 2.37 bits per heavy atom. The highest BCUT2D eigenvalue weighted by molar-refractivity contribution is 5.90. The number of carbonyl (C=O) groups excluding carboxylic acids is 1. The van der Waals surface area contributed by atoms with Gasteiger partial charge < -0.3 is 5.32 Å². The summed E-state index contributed by atoms with van der Waals surface area (Å²) in [5, 5.41) is 17.6. The summed E-state index contributed by atoms with van der Waals surface area (Å²) in [5.41, 5.74) is 2.29. The summed E-state index contributed by atoms with van der Waals surface area (Å²) in [4.78, 5) is 34.5. The molecule has 136 valence electrons. The van der Waals surface area contributed by atoms with E-state index in [1.807, 2.05) is 19.1 Å². The van der Waals surface area contributed by atoms with Crippen molar-refractivity contribution >= 4 is 17.3 Å². The van der Waals surface area contributed by atoms with E-state index in [0.717, 1.165) is 10.2 Å². The molecule has 0 saturated heterocycles. The van der Waals surface area contributed by atoms with E-state index in [-0.39, 0.29) is 18.1 Å². The molecule has 0 spiro atoms. The number of aromatic nitrogens is 2. The van der Waals surface area contributed by atoms with Gasteiger partial charge in [0, 0.05) is 29.4 Å². The van der Waals surface area contributed by atoms with Gasteiger partial charge in [0.15, 0.2) is 0 Å². The zero-order chi connectivity index (χ0) is 19.4. The second kappa shape index (κ2) is 7.61. The van der Waals surface area contributed by atoms with Crippen LogP contribution >= 0.6 is 0 Å². The fourth-order valence-electron chi connectivity index (χ4n) is 2.44. The first-order valence-electron chi connectivity index (χ1n) is 8.12. The second-order valence-corrected chi connectivity index (χ2v) is 5.93. The Morgan fingerprint density at radius 2 is 1.74 bits per heavy atom. The Kier molecular flexibility index (Phi) is 5.07. The molecule has 3 aromatic rings. The molecule has 0 unspecified atom stereocenters. The van der Waals surface area contributed by atoms with Gasteiger partial charge in [-0.15, -0.1) is 0 Å². The van der Waals surface area contributed by atoms with Crippen molar-refractivity contribution in [3.8, 4) is 11.3 Å². The number of nitrogens with zero attached hydrogens (tertiary/aromatic N) is 3. The molecule has 0 saturated carbocycles. The highest BCUT2D eigenvalue weighted by Gasteiger charge is 2.10. The predicted molar refractivity (Wildman–Crippen MR) is 100 cm³/mol. The van der Waals surface area contributed by atoms with Gasteiger partial charge in [0.2, 0.25) is 5.91 Å². The van der Waals surface area contributed by atoms with Crippen molar-refractivity contribution in [2.45, 2.75) is 13.5 Å². The van der Waals surface area contributed by atoms with Gasteiger partial charge >= 0.3 is 0 Å². The van der Waals surface area contributed by atoms with Gasteiger partial charge in [0.05, 0.1) is 10.6 Å². The van der Waals surface area contributed by atoms with Gasteiger partial charge in [-0.25, -0.2) is 4.68 Å². The van der Waals surface area contributed by atoms with E-state index in [2.05, 4.69) is 10.4 Å². The van der Waals surface area contributed by atoms with E-state index in [4.69, 9.17) is 0 Å². The summed E-state index contributed by atoms with van der Waals surface area (Å²) in [6, 6.07) is 15.9. The van der Waals surface area contributed by atoms with Gasteiger partial charge in [-0.2, -0.15) is 5.10 Å². The van der Waals surface area contributed by atoms with Crippen LogP contribution in [0.3, 0.4) is 0 Å². The van der Waals surface area contributed by atoms with Crippen molar-refractivity contribution in [3.05, 3.63) is 86.7 Å². The number of hydrogen-bond acceptors (Lipinski definition) is 5. The van der Waals surface area contributed by atoms with Gasteiger partial charge in [-0.3, -0.25) is 19.7 Å². The number of non-ortho nitro benzene ring substituents is 1. The lowest BCUT2D eigenvalue weighted by molar-refractivity contribution is -0.384. The molecule has 0 aliphatic heterocycles. The number of nitro benzene ring substituents is 1. The maximum atomic E-state index is 12.2. The van der Waals surface area contributed by atoms with Crippen LogP contribution in [0.4, 0.5) is 11.4 Å². The molecular weight excluding hydrogens is 348 g/mol. The van der Waals surface area contributed by atoms with E-state index in [0.29, 0.717) is 16.9 Å². The number of rotatable bonds is 5. The van der Waals surface area contributed by atoms with Crippen molar-refractivity contribution < 1.29 is 9.72 Å². The molecule has 0 radical (unpaired) electrons. The third-order valence-electron chi connectivity index (χ3n) is 3.87. The van der Waals surface area contributed by atoms with Crippen molar-refractivity contribution in [1.29, 1.82) is 0 Å². The average Bonchev–Trinajstić information content (AvgIpc) is 2.65. The van der Waals surface area contributed by atoms with Crippen molar-refractivity contribution in [2.24, 2.45) is 0 Å². The van der Waals surface area contributed by atoms with Crippen LogP contribution in [0.25, 0.3) is 11.3 Å². The fourth-order valence-corrected chi connectivity index (χ4v) is 2.44. The zero-order valence-electron chi connectivity index (χ0n) is 14.5. The average molecular weight is 364 g/mol. The molecule has 0 atom stereocenters. The monoisotopic (exact) mass is 364 g/mol. The number of hydrogen-bond donors (Lipinski definition) is 1. The van der Waals surface area contributed by atoms with Crippen molar-refractivity contribution in [2.75, 3.05) is 5.32 Å². The first kappa shape index (κ1) is 18.0. The third-order valence-corrected chi connectivity index (χ3v) is 3.87. The van der Waals surface area contributed by atoms with E-state index >= 15 is 0 Å². The number of nitrogens with one attached hydrogen (secondary N) is 1. The number of anilines is 1. The third kappa shape index (κ3) is 4.43. The van der Waals surface area contributed by atoms with Crippen LogP contribution in [0.2, 0.25) is 0 Å². The molecule has 0 fully saturated rings. The Balaban J connectivity index is 1.78. The molecule has 1 heterocycles. The number of benzene rings is 2. The lowest BCUT2D eigenvalue weighted by atomic mass is 10.1. The highest BCUT2D eigenvalue weighted by atomic mass is 16.6. The molecule has 0 aliphatic carbocycles. The zero-order valence-corrected chi connectivity index (χ0v) is 14.5. The normalized spacial score (nSPS) is 10.4. The quantitative estimate of drug-likeness (QED) is 0.553. The van der Waals surface area contributed by atoms with E-state index < -0.39 is 10.5 Å². The SMILES string of the molecule is Cc1ccc(NC(=O)Cn2nc(-c3ccc([N+](=O)[O-])cc3)ccc2=O)cc1. The lowest BCUT2D eigenvalue weighted by Crippen LogP contribution is -2.29. The Hall–Kier alpha value is -3.81. The standard InChI is InChI=1S/C19H16N4O4/c1-13-2-6-15(7-3-13)20-18(24)12-22-19(25)11-10-17(21-22)14-4-8-16(9-5-14)23(26)27/h2-11H,12H2,1H3,(H,20,24). The first-order chi connectivity index (χ1) is 12.9. The number of aryl methyl sites for hydroxylation is 1. The molecule has 1 N–H and O–H groups in total. The summed E-state index contributed by atoms with van der Waals surface area (Å²) in [7, 11) is 0. The molecule has 8 heteroatoms. The summed E-state index contributed by atoms with van der Waals surface area (Å²) in [6.07, 6.45) is 0. The second-order valence-electron chi connectivity index (χ2n) is 5.93. The minimum atomic E-state index is -0.493. The molecule has 8 nitrogen and oxygen atoms in total. The van der Waals surface area contributed by atoms with E-state index in [1.165, 1.54) is 24.3 Å². The van der Waals surface area contributed by atoms with Gasteiger partial charge in [0.25, 0.3) is 11.2 Å². The predicted octanol–water partition coefficient (Wildman–Crippen LogP) is 2.77. The molecule has 0 bridgehead atoms. The maximum Gasteiger partial charge on any atom is 0.269 e. The minimum Gasteiger partial charge on any atom is -0.324 e. The van der Waals surface area contributed by atoms with Crippen LogP contribution in [0.5, 0.6) is 0 Å². The van der Waals surface area contributed by atoms with Crippen molar-refractivity contribution in [1.82, 2.24) is 9.78 Å². The Bertz CT molecular complexity index is 1040.